The zero-order valence-corrected chi connectivity index (χ0v) is 13.8. The maximum absolute atomic E-state index is 12.2. The first-order valence-corrected chi connectivity index (χ1v) is 7.97. The van der Waals surface area contributed by atoms with Gasteiger partial charge in [0.2, 0.25) is 0 Å². The molecule has 118 valence electrons. The Kier molecular flexibility index (Phi) is 7.83. The van der Waals surface area contributed by atoms with Crippen LogP contribution >= 0.6 is 0 Å². The number of nitrogens with zero attached hydrogens (tertiary/aromatic N) is 1. The Morgan fingerprint density at radius 1 is 1.14 bits per heavy atom. The SMILES string of the molecule is CCCNc1ccc(C(=O)NC(C)CN(CC)CC)cc1. The monoisotopic (exact) mass is 291 g/mol. The van der Waals surface area contributed by atoms with E-state index in [1.165, 1.54) is 0 Å². The van der Waals surface area contributed by atoms with Crippen molar-refractivity contribution in [2.24, 2.45) is 0 Å². The van der Waals surface area contributed by atoms with Crippen LogP contribution in [-0.2, 0) is 0 Å². The molecule has 4 heteroatoms. The van der Waals surface area contributed by atoms with Gasteiger partial charge in [-0.05, 0) is 50.7 Å². The fraction of sp³-hybridized carbons (Fsp3) is 0.588. The van der Waals surface area contributed by atoms with Crippen molar-refractivity contribution in [3.63, 3.8) is 0 Å². The van der Waals surface area contributed by atoms with Crippen molar-refractivity contribution in [1.82, 2.24) is 10.2 Å². The molecule has 0 aliphatic heterocycles. The highest BCUT2D eigenvalue weighted by molar-refractivity contribution is 5.94. The third kappa shape index (κ3) is 6.17. The third-order valence-electron chi connectivity index (χ3n) is 3.53. The number of likely N-dealkylation sites (N-methyl/N-ethyl adjacent to an activating group) is 1. The zero-order valence-electron chi connectivity index (χ0n) is 13.8. The minimum Gasteiger partial charge on any atom is -0.385 e. The number of hydrogen-bond donors (Lipinski definition) is 2. The van der Waals surface area contributed by atoms with E-state index in [1.807, 2.05) is 31.2 Å². The van der Waals surface area contributed by atoms with Gasteiger partial charge in [-0.3, -0.25) is 4.79 Å². The van der Waals surface area contributed by atoms with Crippen LogP contribution in [0.2, 0.25) is 0 Å². The van der Waals surface area contributed by atoms with Gasteiger partial charge in [-0.15, -0.1) is 0 Å². The number of benzene rings is 1. The van der Waals surface area contributed by atoms with Crippen molar-refractivity contribution >= 4 is 11.6 Å². The second kappa shape index (κ2) is 9.40. The number of nitrogens with one attached hydrogen (secondary N) is 2. The molecule has 2 N–H and O–H groups in total. The summed E-state index contributed by atoms with van der Waals surface area (Å²) in [4.78, 5) is 14.5. The summed E-state index contributed by atoms with van der Waals surface area (Å²) in [6.45, 7) is 12.3. The van der Waals surface area contributed by atoms with Crippen LogP contribution in [0.5, 0.6) is 0 Å². The Hall–Kier alpha value is -1.55. The fourth-order valence-electron chi connectivity index (χ4n) is 2.23. The van der Waals surface area contributed by atoms with Crippen molar-refractivity contribution in [3.8, 4) is 0 Å². The lowest BCUT2D eigenvalue weighted by atomic mass is 10.1. The lowest BCUT2D eigenvalue weighted by Gasteiger charge is -2.23. The number of carbonyl (C=O) groups is 1. The largest absolute Gasteiger partial charge is 0.385 e. The minimum absolute atomic E-state index is 0.00306. The first kappa shape index (κ1) is 17.5. The van der Waals surface area contributed by atoms with Crippen molar-refractivity contribution in [2.75, 3.05) is 31.5 Å². The molecule has 0 aliphatic rings. The van der Waals surface area contributed by atoms with Crippen molar-refractivity contribution in [3.05, 3.63) is 29.8 Å². The van der Waals surface area contributed by atoms with Crippen LogP contribution in [0.3, 0.4) is 0 Å². The topological polar surface area (TPSA) is 44.4 Å². The molecule has 0 bridgehead atoms. The summed E-state index contributed by atoms with van der Waals surface area (Å²) in [5.41, 5.74) is 1.77. The predicted molar refractivity (Wildman–Crippen MR) is 89.9 cm³/mol. The smallest absolute Gasteiger partial charge is 0.251 e. The van der Waals surface area contributed by atoms with E-state index in [1.54, 1.807) is 0 Å². The molecule has 0 spiro atoms. The van der Waals surface area contributed by atoms with Gasteiger partial charge in [0.05, 0.1) is 0 Å². The summed E-state index contributed by atoms with van der Waals surface area (Å²) in [6.07, 6.45) is 1.09. The summed E-state index contributed by atoms with van der Waals surface area (Å²) < 4.78 is 0. The Balaban J connectivity index is 2.51. The standard InChI is InChI=1S/C17H29N3O/c1-5-12-18-16-10-8-15(9-11-16)17(21)19-14(4)13-20(6-2)7-3/h8-11,14,18H,5-7,12-13H2,1-4H3,(H,19,21). The van der Waals surface area contributed by atoms with Gasteiger partial charge in [-0.1, -0.05) is 20.8 Å². The van der Waals surface area contributed by atoms with E-state index in [4.69, 9.17) is 0 Å². The quantitative estimate of drug-likeness (QED) is 0.735. The molecule has 0 saturated heterocycles. The summed E-state index contributed by atoms with van der Waals surface area (Å²) >= 11 is 0. The molecule has 0 fully saturated rings. The van der Waals surface area contributed by atoms with E-state index >= 15 is 0 Å². The van der Waals surface area contributed by atoms with Gasteiger partial charge < -0.3 is 15.5 Å². The summed E-state index contributed by atoms with van der Waals surface area (Å²) in [5.74, 6) is -0.00306. The minimum atomic E-state index is -0.00306. The van der Waals surface area contributed by atoms with Gasteiger partial charge in [-0.25, -0.2) is 0 Å². The summed E-state index contributed by atoms with van der Waals surface area (Å²) in [6, 6.07) is 7.81. The lowest BCUT2D eigenvalue weighted by molar-refractivity contribution is 0.0930. The van der Waals surface area contributed by atoms with Crippen LogP contribution in [0.4, 0.5) is 5.69 Å². The summed E-state index contributed by atoms with van der Waals surface area (Å²) in [5, 5.41) is 6.36. The van der Waals surface area contributed by atoms with E-state index in [-0.39, 0.29) is 11.9 Å². The fourth-order valence-corrected chi connectivity index (χ4v) is 2.23. The van der Waals surface area contributed by atoms with Crippen molar-refractivity contribution in [2.45, 2.75) is 40.2 Å². The first-order valence-electron chi connectivity index (χ1n) is 7.97. The molecule has 1 rings (SSSR count). The summed E-state index contributed by atoms with van der Waals surface area (Å²) in [7, 11) is 0. The Morgan fingerprint density at radius 3 is 2.29 bits per heavy atom. The molecule has 0 aromatic heterocycles. The van der Waals surface area contributed by atoms with Crippen molar-refractivity contribution < 1.29 is 4.79 Å². The zero-order chi connectivity index (χ0) is 15.7. The van der Waals surface area contributed by atoms with Crippen LogP contribution in [0.1, 0.15) is 44.5 Å². The second-order valence-electron chi connectivity index (χ2n) is 5.36. The molecule has 0 saturated carbocycles. The van der Waals surface area contributed by atoms with Gasteiger partial charge in [0.15, 0.2) is 0 Å². The lowest BCUT2D eigenvalue weighted by Crippen LogP contribution is -2.41. The average molecular weight is 291 g/mol. The molecule has 1 aromatic carbocycles. The normalized spacial score (nSPS) is 12.2. The van der Waals surface area contributed by atoms with Crippen LogP contribution < -0.4 is 10.6 Å². The molecular formula is C17H29N3O. The molecule has 1 aromatic rings. The average Bonchev–Trinajstić information content (AvgIpc) is 2.50. The van der Waals surface area contributed by atoms with Gasteiger partial charge in [0.25, 0.3) is 5.91 Å². The molecule has 1 amide bonds. The second-order valence-corrected chi connectivity index (χ2v) is 5.36. The number of rotatable bonds is 9. The molecule has 21 heavy (non-hydrogen) atoms. The Labute approximate surface area is 128 Å². The molecule has 4 nitrogen and oxygen atoms in total. The first-order chi connectivity index (χ1) is 10.1. The van der Waals surface area contributed by atoms with Gasteiger partial charge >= 0.3 is 0 Å². The highest BCUT2D eigenvalue weighted by Gasteiger charge is 2.11. The Morgan fingerprint density at radius 2 is 1.76 bits per heavy atom. The predicted octanol–water partition coefficient (Wildman–Crippen LogP) is 2.97. The van der Waals surface area contributed by atoms with Crippen molar-refractivity contribution in [1.29, 1.82) is 0 Å². The van der Waals surface area contributed by atoms with E-state index < -0.39 is 0 Å². The van der Waals surface area contributed by atoms with E-state index in [2.05, 4.69) is 36.3 Å². The van der Waals surface area contributed by atoms with E-state index in [0.717, 1.165) is 38.3 Å². The number of anilines is 1. The molecule has 0 heterocycles. The third-order valence-corrected chi connectivity index (χ3v) is 3.53. The maximum Gasteiger partial charge on any atom is 0.251 e. The van der Waals surface area contributed by atoms with E-state index in [9.17, 15) is 4.79 Å². The Bertz CT molecular complexity index is 413. The van der Waals surface area contributed by atoms with Gasteiger partial charge in [0, 0.05) is 30.4 Å². The van der Waals surface area contributed by atoms with E-state index in [0.29, 0.717) is 5.56 Å². The molecule has 0 aliphatic carbocycles. The molecule has 1 unspecified atom stereocenters. The van der Waals surface area contributed by atoms with Gasteiger partial charge in [-0.2, -0.15) is 0 Å². The van der Waals surface area contributed by atoms with Crippen LogP contribution in [-0.4, -0.2) is 43.0 Å². The molecular weight excluding hydrogens is 262 g/mol. The number of carbonyl (C=O) groups excluding carboxylic acids is 1. The van der Waals surface area contributed by atoms with Crippen LogP contribution in [0.15, 0.2) is 24.3 Å². The van der Waals surface area contributed by atoms with Crippen LogP contribution in [0, 0.1) is 0 Å². The highest BCUT2D eigenvalue weighted by atomic mass is 16.1. The van der Waals surface area contributed by atoms with Crippen LogP contribution in [0.25, 0.3) is 0 Å². The number of amides is 1. The van der Waals surface area contributed by atoms with Gasteiger partial charge in [0.1, 0.15) is 0 Å². The molecule has 0 radical (unpaired) electrons. The maximum atomic E-state index is 12.2. The number of hydrogen-bond acceptors (Lipinski definition) is 3. The molecule has 1 atom stereocenters. The highest BCUT2D eigenvalue weighted by Crippen LogP contribution is 2.09.